The van der Waals surface area contributed by atoms with Crippen LogP contribution in [0, 0.1) is 29.1 Å². The van der Waals surface area contributed by atoms with Gasteiger partial charge in [0, 0.05) is 12.5 Å². The summed E-state index contributed by atoms with van der Waals surface area (Å²) in [7, 11) is 1.45. The number of fused-ring (bicyclic) bond motifs is 4. The summed E-state index contributed by atoms with van der Waals surface area (Å²) in [6, 6.07) is 20.5. The molecular weight excluding hydrogens is 572 g/mol. The van der Waals surface area contributed by atoms with Crippen LogP contribution in [0.4, 0.5) is 5.69 Å². The third kappa shape index (κ3) is 4.28. The van der Waals surface area contributed by atoms with E-state index in [1.54, 1.807) is 60.7 Å². The second-order valence-corrected chi connectivity index (χ2v) is 12.7. The number of methoxy groups -OCH3 is 1. The number of phenols is 2. The molecule has 0 spiro atoms. The van der Waals surface area contributed by atoms with Crippen LogP contribution in [-0.4, -0.2) is 52.4 Å². The summed E-state index contributed by atoms with van der Waals surface area (Å²) in [5.41, 5.74) is 1.79. The highest BCUT2D eigenvalue weighted by Gasteiger charge is 2.67. The van der Waals surface area contributed by atoms with Gasteiger partial charge in [-0.3, -0.25) is 24.1 Å². The van der Waals surface area contributed by atoms with Crippen molar-refractivity contribution in [1.29, 1.82) is 0 Å². The molecule has 3 aromatic rings. The smallest absolute Gasteiger partial charge is 0.241 e. The topological polar surface area (TPSA) is 124 Å². The Labute approximate surface area is 260 Å². The highest BCUT2D eigenvalue weighted by atomic mass is 16.5. The van der Waals surface area contributed by atoms with E-state index in [1.165, 1.54) is 23.0 Å². The summed E-state index contributed by atoms with van der Waals surface area (Å²) in [6.07, 6.45) is 3.09. The molecular formula is C36H34N2O7. The molecule has 4 amide bonds. The summed E-state index contributed by atoms with van der Waals surface area (Å²) >= 11 is 0. The maximum absolute atomic E-state index is 14.4. The molecule has 0 bridgehead atoms. The first-order valence-corrected chi connectivity index (χ1v) is 15.3. The fourth-order valence-corrected chi connectivity index (χ4v) is 8.28. The van der Waals surface area contributed by atoms with Crippen molar-refractivity contribution in [2.24, 2.45) is 29.1 Å². The number of benzene rings is 3. The molecule has 6 unspecified atom stereocenters. The van der Waals surface area contributed by atoms with Crippen LogP contribution in [0.3, 0.4) is 0 Å². The largest absolute Gasteiger partial charge is 0.508 e. The maximum Gasteiger partial charge on any atom is 0.241 e. The number of aromatic hydroxyl groups is 2. The van der Waals surface area contributed by atoms with Gasteiger partial charge in [0.1, 0.15) is 5.75 Å². The molecule has 2 saturated heterocycles. The maximum atomic E-state index is 14.4. The number of imide groups is 2. The van der Waals surface area contributed by atoms with Gasteiger partial charge in [-0.15, -0.1) is 0 Å². The lowest BCUT2D eigenvalue weighted by molar-refractivity contribution is -0.140. The van der Waals surface area contributed by atoms with E-state index in [0.29, 0.717) is 24.1 Å². The van der Waals surface area contributed by atoms with E-state index in [0.717, 1.165) is 11.1 Å². The lowest BCUT2D eigenvalue weighted by atomic mass is 9.51. The monoisotopic (exact) mass is 606 g/mol. The first-order valence-electron chi connectivity index (χ1n) is 15.3. The number of ether oxygens (including phenoxy) is 1. The minimum atomic E-state index is -1.17. The molecule has 0 radical (unpaired) electrons. The van der Waals surface area contributed by atoms with Crippen molar-refractivity contribution < 1.29 is 34.1 Å². The number of amides is 4. The molecule has 3 fully saturated rings. The lowest BCUT2D eigenvalue weighted by Gasteiger charge is -2.49. The number of allylic oxidation sites excluding steroid dienone is 2. The average Bonchev–Trinajstić information content (AvgIpc) is 3.40. The van der Waals surface area contributed by atoms with Gasteiger partial charge in [-0.25, -0.2) is 4.90 Å². The number of anilines is 1. The van der Waals surface area contributed by atoms with Gasteiger partial charge < -0.3 is 14.9 Å². The fraction of sp³-hybridized carbons (Fsp3) is 0.333. The van der Waals surface area contributed by atoms with Gasteiger partial charge in [0.05, 0.1) is 36.0 Å². The van der Waals surface area contributed by atoms with Crippen molar-refractivity contribution in [1.82, 2.24) is 4.90 Å². The van der Waals surface area contributed by atoms with E-state index < -0.39 is 35.0 Å². The van der Waals surface area contributed by atoms with Crippen LogP contribution in [0.5, 0.6) is 17.2 Å². The fourth-order valence-electron chi connectivity index (χ4n) is 8.28. The number of carbonyl (C=O) groups is 4. The van der Waals surface area contributed by atoms with Crippen molar-refractivity contribution in [3.8, 4) is 17.2 Å². The Balaban J connectivity index is 1.29. The van der Waals surface area contributed by atoms with Crippen LogP contribution in [0.2, 0.25) is 0 Å². The summed E-state index contributed by atoms with van der Waals surface area (Å²) in [4.78, 5) is 59.1. The summed E-state index contributed by atoms with van der Waals surface area (Å²) < 4.78 is 5.43. The summed E-state index contributed by atoms with van der Waals surface area (Å²) in [5.74, 6) is -3.67. The van der Waals surface area contributed by atoms with Crippen LogP contribution < -0.4 is 9.64 Å². The van der Waals surface area contributed by atoms with Crippen LogP contribution in [0.25, 0.3) is 0 Å². The highest BCUT2D eigenvalue weighted by Crippen LogP contribution is 2.63. The van der Waals surface area contributed by atoms with Crippen LogP contribution >= 0.6 is 0 Å². The highest BCUT2D eigenvalue weighted by molar-refractivity contribution is 6.24. The Morgan fingerprint density at radius 2 is 1.62 bits per heavy atom. The third-order valence-electron chi connectivity index (χ3n) is 10.5. The molecule has 45 heavy (non-hydrogen) atoms. The molecule has 9 nitrogen and oxygen atoms in total. The normalized spacial score (nSPS) is 28.9. The van der Waals surface area contributed by atoms with Gasteiger partial charge >= 0.3 is 0 Å². The minimum absolute atomic E-state index is 0.0476. The van der Waals surface area contributed by atoms with E-state index in [-0.39, 0.29) is 53.8 Å². The standard InChI is InChI=1S/C36H34N2O7/c1-36-27(33(42)38(35(36)44)22-6-4-3-5-7-22)19-26-24(31(36)21-10-15-28(40)29(18-21)45-2)13-14-25-30(26)34(43)37(32(25)41)17-16-20-8-11-23(39)12-9-20/h3-13,15,18,25-27,30-31,39-40H,14,16-17,19H2,1-2H3. The molecule has 9 heteroatoms. The number of hydrogen-bond donors (Lipinski definition) is 2. The molecule has 0 aromatic heterocycles. The third-order valence-corrected chi connectivity index (χ3v) is 10.5. The van der Waals surface area contributed by atoms with Gasteiger partial charge in [-0.1, -0.05) is 48.0 Å². The Kier molecular flexibility index (Phi) is 6.80. The van der Waals surface area contributed by atoms with Crippen LogP contribution in [0.15, 0.2) is 84.4 Å². The second-order valence-electron chi connectivity index (χ2n) is 12.7. The quantitative estimate of drug-likeness (QED) is 0.311. The number of nitrogens with zero attached hydrogens (tertiary/aromatic N) is 2. The van der Waals surface area contributed by atoms with Gasteiger partial charge in [0.15, 0.2) is 11.5 Å². The molecule has 6 atom stereocenters. The zero-order valence-corrected chi connectivity index (χ0v) is 25.1. The predicted molar refractivity (Wildman–Crippen MR) is 164 cm³/mol. The zero-order chi connectivity index (χ0) is 31.6. The number of phenolic OH excluding ortho intramolecular Hbond substituents is 2. The molecule has 1 saturated carbocycles. The molecule has 2 aliphatic carbocycles. The SMILES string of the molecule is COc1cc(C2C3=CCC4C(=O)N(CCc5ccc(O)cc5)C(=O)C4C3CC3C(=O)N(c4ccccc4)C(=O)C32C)ccc1O. The van der Waals surface area contributed by atoms with Gasteiger partial charge in [0.2, 0.25) is 23.6 Å². The Hall–Kier alpha value is -4.92. The van der Waals surface area contributed by atoms with Crippen LogP contribution in [-0.2, 0) is 25.6 Å². The van der Waals surface area contributed by atoms with Crippen LogP contribution in [0.1, 0.15) is 36.8 Å². The Morgan fingerprint density at radius 1 is 0.889 bits per heavy atom. The van der Waals surface area contributed by atoms with E-state index in [9.17, 15) is 29.4 Å². The van der Waals surface area contributed by atoms with Gasteiger partial charge in [-0.2, -0.15) is 0 Å². The number of carbonyl (C=O) groups excluding carboxylic acids is 4. The number of hydrogen-bond acceptors (Lipinski definition) is 7. The van der Waals surface area contributed by atoms with E-state index in [4.69, 9.17) is 4.74 Å². The number of para-hydroxylation sites is 1. The van der Waals surface area contributed by atoms with Crippen molar-refractivity contribution in [3.63, 3.8) is 0 Å². The van der Waals surface area contributed by atoms with Gasteiger partial charge in [-0.05, 0) is 79.6 Å². The van der Waals surface area contributed by atoms with Crippen molar-refractivity contribution in [2.45, 2.75) is 32.1 Å². The first kappa shape index (κ1) is 28.8. The van der Waals surface area contributed by atoms with E-state index in [1.807, 2.05) is 19.1 Å². The molecule has 3 aromatic carbocycles. The zero-order valence-electron chi connectivity index (χ0n) is 25.1. The molecule has 4 aliphatic rings. The Morgan fingerprint density at radius 3 is 2.33 bits per heavy atom. The Bertz CT molecular complexity index is 1750. The summed E-state index contributed by atoms with van der Waals surface area (Å²) in [6.45, 7) is 2.05. The van der Waals surface area contributed by atoms with Crippen molar-refractivity contribution >= 4 is 29.3 Å². The van der Waals surface area contributed by atoms with Crippen molar-refractivity contribution in [2.75, 3.05) is 18.6 Å². The van der Waals surface area contributed by atoms with Gasteiger partial charge in [0.25, 0.3) is 0 Å². The number of rotatable bonds is 6. The molecule has 230 valence electrons. The number of likely N-dealkylation sites (tertiary alicyclic amines) is 1. The predicted octanol–water partition coefficient (Wildman–Crippen LogP) is 4.58. The molecule has 2 heterocycles. The van der Waals surface area contributed by atoms with Crippen molar-refractivity contribution in [3.05, 3.63) is 95.6 Å². The molecule has 2 N–H and O–H groups in total. The van der Waals surface area contributed by atoms with E-state index >= 15 is 0 Å². The lowest BCUT2D eigenvalue weighted by Crippen LogP contribution is -2.48. The molecule has 2 aliphatic heterocycles. The average molecular weight is 607 g/mol. The van der Waals surface area contributed by atoms with E-state index in [2.05, 4.69) is 0 Å². The second kappa shape index (κ2) is 10.6. The summed E-state index contributed by atoms with van der Waals surface area (Å²) in [5, 5.41) is 20.0. The molecule has 7 rings (SSSR count). The minimum Gasteiger partial charge on any atom is -0.508 e. The first-order chi connectivity index (χ1) is 21.6.